The Balaban J connectivity index is 2.25. The Kier molecular flexibility index (Phi) is 4.40. The fraction of sp³-hybridized carbons (Fsp3) is 0.167. The van der Waals surface area contributed by atoms with Gasteiger partial charge in [-0.3, -0.25) is 4.79 Å². The molecule has 0 bridgehead atoms. The molecule has 0 aliphatic rings. The lowest BCUT2D eigenvalue weighted by molar-refractivity contribution is 0.102. The van der Waals surface area contributed by atoms with Crippen LogP contribution in [0.4, 0.5) is 11.5 Å². The van der Waals surface area contributed by atoms with Crippen LogP contribution in [-0.4, -0.2) is 27.4 Å². The largest absolute Gasteiger partial charge is 0.370 e. The molecule has 1 amide bonds. The molecule has 2 aromatic rings. The average molecular weight is 322 g/mol. The van der Waals surface area contributed by atoms with Crippen molar-refractivity contribution < 1.29 is 4.79 Å². The molecule has 0 radical (unpaired) electrons. The molecular weight excluding hydrogens is 310 g/mol. The first kappa shape index (κ1) is 13.4. The van der Waals surface area contributed by atoms with Gasteiger partial charge >= 0.3 is 0 Å². The minimum absolute atomic E-state index is 0.264. The highest BCUT2D eigenvalue weighted by molar-refractivity contribution is 9.10. The van der Waals surface area contributed by atoms with Gasteiger partial charge in [0, 0.05) is 17.2 Å². The Labute approximate surface area is 118 Å². The number of halogens is 1. The number of hydrogen-bond acceptors (Lipinski definition) is 5. The van der Waals surface area contributed by atoms with E-state index in [-0.39, 0.29) is 5.91 Å². The van der Waals surface area contributed by atoms with E-state index in [1.54, 1.807) is 12.3 Å². The number of aromatic nitrogens is 3. The summed E-state index contributed by atoms with van der Waals surface area (Å²) < 4.78 is 0.739. The normalized spacial score (nSPS) is 10.0. The second kappa shape index (κ2) is 6.24. The zero-order chi connectivity index (χ0) is 13.7. The monoisotopic (exact) mass is 321 g/mol. The van der Waals surface area contributed by atoms with Gasteiger partial charge in [0.25, 0.3) is 5.91 Å². The third-order valence-electron chi connectivity index (χ3n) is 2.26. The summed E-state index contributed by atoms with van der Waals surface area (Å²) in [5, 5.41) is 5.77. The predicted molar refractivity (Wildman–Crippen MR) is 76.1 cm³/mol. The molecule has 2 N–H and O–H groups in total. The van der Waals surface area contributed by atoms with E-state index in [9.17, 15) is 4.79 Å². The molecule has 7 heteroatoms. The number of amides is 1. The number of nitrogens with one attached hydrogen (secondary N) is 2. The first-order valence-corrected chi connectivity index (χ1v) is 6.45. The average Bonchev–Trinajstić information content (AvgIpc) is 2.42. The Morgan fingerprint density at radius 3 is 2.74 bits per heavy atom. The first-order chi connectivity index (χ1) is 9.20. The molecule has 2 aromatic heterocycles. The van der Waals surface area contributed by atoms with Gasteiger partial charge in [0.05, 0.1) is 23.6 Å². The molecule has 19 heavy (non-hydrogen) atoms. The van der Waals surface area contributed by atoms with Crippen molar-refractivity contribution in [2.45, 2.75) is 6.92 Å². The van der Waals surface area contributed by atoms with Gasteiger partial charge < -0.3 is 10.6 Å². The van der Waals surface area contributed by atoms with Crippen LogP contribution in [0, 0.1) is 0 Å². The van der Waals surface area contributed by atoms with E-state index >= 15 is 0 Å². The fourth-order valence-electron chi connectivity index (χ4n) is 1.48. The Morgan fingerprint density at radius 2 is 2.05 bits per heavy atom. The molecule has 6 nitrogen and oxygen atoms in total. The molecule has 0 aliphatic heterocycles. The second-order valence-electron chi connectivity index (χ2n) is 3.66. The number of nitrogens with zero attached hydrogens (tertiary/aromatic N) is 3. The Morgan fingerprint density at radius 1 is 1.32 bits per heavy atom. The third-order valence-corrected chi connectivity index (χ3v) is 2.70. The van der Waals surface area contributed by atoms with Gasteiger partial charge in [-0.25, -0.2) is 15.0 Å². The minimum atomic E-state index is -0.264. The third kappa shape index (κ3) is 3.47. The lowest BCUT2D eigenvalue weighted by Gasteiger charge is -2.10. The summed E-state index contributed by atoms with van der Waals surface area (Å²) in [5.74, 6) is 0.277. The van der Waals surface area contributed by atoms with E-state index in [1.807, 2.05) is 6.92 Å². The van der Waals surface area contributed by atoms with E-state index in [2.05, 4.69) is 41.5 Å². The molecule has 0 fully saturated rings. The minimum Gasteiger partial charge on any atom is -0.370 e. The Bertz CT molecular complexity index is 576. The van der Waals surface area contributed by atoms with Crippen molar-refractivity contribution in [3.63, 3.8) is 0 Å². The van der Waals surface area contributed by atoms with Crippen molar-refractivity contribution in [2.24, 2.45) is 0 Å². The number of rotatable bonds is 4. The highest BCUT2D eigenvalue weighted by Gasteiger charge is 2.13. The fourth-order valence-corrected chi connectivity index (χ4v) is 1.81. The van der Waals surface area contributed by atoms with Crippen molar-refractivity contribution in [3.05, 3.63) is 41.0 Å². The summed E-state index contributed by atoms with van der Waals surface area (Å²) in [5.41, 5.74) is 0.995. The van der Waals surface area contributed by atoms with Gasteiger partial charge in [-0.15, -0.1) is 0 Å². The van der Waals surface area contributed by atoms with E-state index in [1.165, 1.54) is 18.7 Å². The molecule has 98 valence electrons. The van der Waals surface area contributed by atoms with Crippen LogP contribution < -0.4 is 10.6 Å². The first-order valence-electron chi connectivity index (χ1n) is 5.66. The zero-order valence-electron chi connectivity index (χ0n) is 10.2. The summed E-state index contributed by atoms with van der Waals surface area (Å²) in [7, 11) is 0. The molecule has 0 aliphatic carbocycles. The van der Waals surface area contributed by atoms with Gasteiger partial charge in [0.1, 0.15) is 12.1 Å². The molecule has 2 rings (SSSR count). The molecule has 0 saturated carbocycles. The predicted octanol–water partition coefficient (Wildman–Crippen LogP) is 2.32. The zero-order valence-corrected chi connectivity index (χ0v) is 11.8. The molecule has 0 spiro atoms. The van der Waals surface area contributed by atoms with E-state index in [0.717, 1.165) is 4.47 Å². The molecular formula is C12H12BrN5O. The highest BCUT2D eigenvalue weighted by atomic mass is 79.9. The van der Waals surface area contributed by atoms with Gasteiger partial charge in [-0.2, -0.15) is 0 Å². The Hall–Kier alpha value is -2.02. The smallest absolute Gasteiger partial charge is 0.259 e. The van der Waals surface area contributed by atoms with Gasteiger partial charge in [0.2, 0.25) is 0 Å². The second-order valence-corrected chi connectivity index (χ2v) is 4.58. The number of hydrogen-bond donors (Lipinski definition) is 2. The van der Waals surface area contributed by atoms with Crippen molar-refractivity contribution in [3.8, 4) is 0 Å². The van der Waals surface area contributed by atoms with Crippen LogP contribution in [0.25, 0.3) is 0 Å². The van der Waals surface area contributed by atoms with Crippen LogP contribution in [0.1, 0.15) is 17.3 Å². The van der Waals surface area contributed by atoms with E-state index < -0.39 is 0 Å². The molecule has 0 unspecified atom stereocenters. The number of pyridine rings is 1. The van der Waals surface area contributed by atoms with E-state index in [0.29, 0.717) is 23.6 Å². The maximum atomic E-state index is 12.2. The maximum absolute atomic E-state index is 12.2. The lowest BCUT2D eigenvalue weighted by atomic mass is 10.2. The van der Waals surface area contributed by atoms with Crippen molar-refractivity contribution >= 4 is 33.3 Å². The summed E-state index contributed by atoms with van der Waals surface area (Å²) in [6.45, 7) is 2.62. The molecule has 0 atom stereocenters. The number of anilines is 2. The highest BCUT2D eigenvalue weighted by Crippen LogP contribution is 2.19. The summed E-state index contributed by atoms with van der Waals surface area (Å²) >= 11 is 3.31. The van der Waals surface area contributed by atoms with Gasteiger partial charge in [-0.05, 0) is 28.9 Å². The summed E-state index contributed by atoms with van der Waals surface area (Å²) in [4.78, 5) is 24.1. The van der Waals surface area contributed by atoms with Crippen molar-refractivity contribution in [1.82, 2.24) is 15.0 Å². The number of carbonyl (C=O) groups is 1. The summed E-state index contributed by atoms with van der Waals surface area (Å²) in [6.07, 6.45) is 6.10. The van der Waals surface area contributed by atoms with Crippen LogP contribution in [0.2, 0.25) is 0 Å². The lowest BCUT2D eigenvalue weighted by Crippen LogP contribution is -2.16. The van der Waals surface area contributed by atoms with Crippen LogP contribution >= 0.6 is 15.9 Å². The van der Waals surface area contributed by atoms with Crippen LogP contribution in [0.3, 0.4) is 0 Å². The van der Waals surface area contributed by atoms with Crippen molar-refractivity contribution in [2.75, 3.05) is 17.2 Å². The molecule has 2 heterocycles. The molecule has 0 saturated heterocycles. The molecule has 0 aromatic carbocycles. The SMILES string of the molecule is CCNc1ncc(Br)cc1C(=O)Nc1cncnc1. The quantitative estimate of drug-likeness (QED) is 0.903. The van der Waals surface area contributed by atoms with Crippen LogP contribution in [0.15, 0.2) is 35.5 Å². The number of carbonyl (C=O) groups excluding carboxylic acids is 1. The topological polar surface area (TPSA) is 79.8 Å². The van der Waals surface area contributed by atoms with Gasteiger partial charge in [-0.1, -0.05) is 0 Å². The maximum Gasteiger partial charge on any atom is 0.259 e. The standard InChI is InChI=1S/C12H12BrN5O/c1-2-16-11-10(3-8(13)4-17-11)12(19)18-9-5-14-7-15-6-9/h3-7H,2H2,1H3,(H,16,17)(H,18,19). The van der Waals surface area contributed by atoms with Crippen LogP contribution in [0.5, 0.6) is 0 Å². The van der Waals surface area contributed by atoms with Gasteiger partial charge in [0.15, 0.2) is 0 Å². The van der Waals surface area contributed by atoms with Crippen molar-refractivity contribution in [1.29, 1.82) is 0 Å². The summed E-state index contributed by atoms with van der Waals surface area (Å²) in [6, 6.07) is 1.71. The van der Waals surface area contributed by atoms with Crippen LogP contribution in [-0.2, 0) is 0 Å². The van der Waals surface area contributed by atoms with E-state index in [4.69, 9.17) is 0 Å².